The minimum atomic E-state index is -0.0395. The zero-order valence-electron chi connectivity index (χ0n) is 15.7. The van der Waals surface area contributed by atoms with Crippen LogP contribution >= 0.6 is 23.7 Å². The van der Waals surface area contributed by atoms with E-state index in [1.807, 2.05) is 0 Å². The highest BCUT2D eigenvalue weighted by Crippen LogP contribution is 2.36. The van der Waals surface area contributed by atoms with Crippen LogP contribution in [0.5, 0.6) is 5.75 Å². The van der Waals surface area contributed by atoms with Crippen LogP contribution in [0.3, 0.4) is 0 Å². The summed E-state index contributed by atoms with van der Waals surface area (Å²) in [4.78, 5) is 5.13. The molecule has 2 aromatic rings. The largest absolute Gasteiger partial charge is 0.486 e. The van der Waals surface area contributed by atoms with Gasteiger partial charge in [0.25, 0.3) is 0 Å². The number of nitrogens with zero attached hydrogens (tertiary/aromatic N) is 2. The molecule has 1 saturated heterocycles. The first-order valence-corrected chi connectivity index (χ1v) is 10.3. The van der Waals surface area contributed by atoms with Gasteiger partial charge in [-0.25, -0.2) is 0 Å². The van der Waals surface area contributed by atoms with E-state index < -0.39 is 0 Å². The molecule has 3 heterocycles. The molecule has 1 aromatic carbocycles. The molecule has 3 nitrogen and oxygen atoms in total. The molecule has 0 aliphatic carbocycles. The Balaban J connectivity index is 0.00000196. The predicted molar refractivity (Wildman–Crippen MR) is 112 cm³/mol. The summed E-state index contributed by atoms with van der Waals surface area (Å²) in [6.45, 7) is 10.9. The Hall–Kier alpha value is -1.07. The predicted octanol–water partition coefficient (Wildman–Crippen LogP) is 4.73. The molecule has 5 heteroatoms. The van der Waals surface area contributed by atoms with Crippen LogP contribution in [0.15, 0.2) is 35.0 Å². The van der Waals surface area contributed by atoms with E-state index in [1.165, 1.54) is 16.7 Å². The van der Waals surface area contributed by atoms with Gasteiger partial charge in [0.2, 0.25) is 0 Å². The fourth-order valence-electron chi connectivity index (χ4n) is 4.19. The number of benzene rings is 1. The Morgan fingerprint density at radius 1 is 1.15 bits per heavy atom. The van der Waals surface area contributed by atoms with Crippen LogP contribution < -0.4 is 4.74 Å². The molecule has 2 aliphatic heterocycles. The van der Waals surface area contributed by atoms with Crippen molar-refractivity contribution in [2.45, 2.75) is 45.4 Å². The molecule has 0 N–H and O–H groups in total. The molecule has 0 radical (unpaired) electrons. The van der Waals surface area contributed by atoms with Gasteiger partial charge >= 0.3 is 0 Å². The summed E-state index contributed by atoms with van der Waals surface area (Å²) in [6, 6.07) is 8.92. The van der Waals surface area contributed by atoms with E-state index in [-0.39, 0.29) is 18.0 Å². The first kappa shape index (κ1) is 19.7. The Bertz CT molecular complexity index is 711. The van der Waals surface area contributed by atoms with Gasteiger partial charge < -0.3 is 9.64 Å². The fourth-order valence-corrected chi connectivity index (χ4v) is 4.85. The molecule has 1 fully saturated rings. The van der Waals surface area contributed by atoms with Gasteiger partial charge in [-0.05, 0) is 41.9 Å². The smallest absolute Gasteiger partial charge is 0.124 e. The van der Waals surface area contributed by atoms with Crippen LogP contribution in [0, 0.1) is 6.92 Å². The molecule has 0 saturated carbocycles. The van der Waals surface area contributed by atoms with Gasteiger partial charge in [0.15, 0.2) is 0 Å². The van der Waals surface area contributed by atoms with Crippen molar-refractivity contribution in [1.29, 1.82) is 0 Å². The SMILES string of the molecule is CCN1CCC2(CC1)CN(Cc1ccsc1)Cc1cc(C)ccc1O2.Cl. The van der Waals surface area contributed by atoms with E-state index in [0.717, 1.165) is 57.9 Å². The number of hydrogen-bond donors (Lipinski definition) is 0. The van der Waals surface area contributed by atoms with Crippen molar-refractivity contribution in [1.82, 2.24) is 9.80 Å². The average Bonchev–Trinajstić information content (AvgIpc) is 3.06. The zero-order chi connectivity index (χ0) is 17.3. The van der Waals surface area contributed by atoms with Crippen LogP contribution in [0.25, 0.3) is 0 Å². The van der Waals surface area contributed by atoms with Crippen molar-refractivity contribution in [2.24, 2.45) is 0 Å². The molecule has 0 atom stereocenters. The topological polar surface area (TPSA) is 15.7 Å². The van der Waals surface area contributed by atoms with Gasteiger partial charge in [0.05, 0.1) is 0 Å². The molecule has 0 amide bonds. The lowest BCUT2D eigenvalue weighted by molar-refractivity contribution is -0.0186. The lowest BCUT2D eigenvalue weighted by Gasteiger charge is -2.42. The number of aryl methyl sites for hydroxylation is 1. The number of fused-ring (bicyclic) bond motifs is 1. The normalized spacial score (nSPS) is 20.1. The number of halogens is 1. The maximum atomic E-state index is 6.72. The van der Waals surface area contributed by atoms with Gasteiger partial charge in [-0.1, -0.05) is 24.6 Å². The molecule has 26 heavy (non-hydrogen) atoms. The van der Waals surface area contributed by atoms with Gasteiger partial charge in [-0.2, -0.15) is 11.3 Å². The highest BCUT2D eigenvalue weighted by molar-refractivity contribution is 7.07. The standard InChI is InChI=1S/C21H28N2OS.ClH/c1-3-22-9-7-21(8-10-22)16-23(13-18-6-11-25-15-18)14-19-12-17(2)4-5-20(19)24-21;/h4-6,11-12,15H,3,7-10,13-14,16H2,1-2H3;1H. The minimum Gasteiger partial charge on any atom is -0.486 e. The first-order valence-electron chi connectivity index (χ1n) is 9.40. The maximum absolute atomic E-state index is 6.72. The number of likely N-dealkylation sites (tertiary alicyclic amines) is 1. The van der Waals surface area contributed by atoms with Crippen molar-refractivity contribution in [3.63, 3.8) is 0 Å². The third kappa shape index (κ3) is 4.25. The summed E-state index contributed by atoms with van der Waals surface area (Å²) >= 11 is 1.79. The Morgan fingerprint density at radius 3 is 2.65 bits per heavy atom. The summed E-state index contributed by atoms with van der Waals surface area (Å²) in [5.74, 6) is 1.10. The van der Waals surface area contributed by atoms with Gasteiger partial charge in [0.1, 0.15) is 11.4 Å². The van der Waals surface area contributed by atoms with Crippen molar-refractivity contribution >= 4 is 23.7 Å². The Labute approximate surface area is 167 Å². The second-order valence-electron chi connectivity index (χ2n) is 7.61. The Kier molecular flexibility index (Phi) is 6.29. The molecule has 0 bridgehead atoms. The van der Waals surface area contributed by atoms with E-state index in [4.69, 9.17) is 4.74 Å². The summed E-state index contributed by atoms with van der Waals surface area (Å²) < 4.78 is 6.72. The van der Waals surface area contributed by atoms with Crippen molar-refractivity contribution < 1.29 is 4.74 Å². The second kappa shape index (κ2) is 8.30. The van der Waals surface area contributed by atoms with Crippen LogP contribution in [0.4, 0.5) is 0 Å². The van der Waals surface area contributed by atoms with Crippen LogP contribution in [0.2, 0.25) is 0 Å². The molecule has 4 rings (SSSR count). The first-order chi connectivity index (χ1) is 12.2. The van der Waals surface area contributed by atoms with Gasteiger partial charge in [-0.3, -0.25) is 4.90 Å². The van der Waals surface area contributed by atoms with Gasteiger partial charge in [0, 0.05) is 51.1 Å². The van der Waals surface area contributed by atoms with Crippen LogP contribution in [-0.2, 0) is 13.1 Å². The monoisotopic (exact) mass is 392 g/mol. The van der Waals surface area contributed by atoms with E-state index in [1.54, 1.807) is 11.3 Å². The third-order valence-corrected chi connectivity index (χ3v) is 6.38. The second-order valence-corrected chi connectivity index (χ2v) is 8.39. The quantitative estimate of drug-likeness (QED) is 0.751. The van der Waals surface area contributed by atoms with E-state index >= 15 is 0 Å². The molecule has 142 valence electrons. The zero-order valence-corrected chi connectivity index (χ0v) is 17.4. The lowest BCUT2D eigenvalue weighted by atomic mass is 9.90. The number of ether oxygens (including phenoxy) is 1. The summed E-state index contributed by atoms with van der Waals surface area (Å²) in [7, 11) is 0. The molecule has 1 spiro atoms. The number of thiophene rings is 1. The molecule has 0 unspecified atom stereocenters. The minimum absolute atomic E-state index is 0. The maximum Gasteiger partial charge on any atom is 0.124 e. The van der Waals surface area contributed by atoms with Crippen molar-refractivity contribution in [2.75, 3.05) is 26.2 Å². The average molecular weight is 393 g/mol. The van der Waals surface area contributed by atoms with E-state index in [9.17, 15) is 0 Å². The summed E-state index contributed by atoms with van der Waals surface area (Å²) in [5.41, 5.74) is 4.03. The molecular formula is C21H29ClN2OS. The third-order valence-electron chi connectivity index (χ3n) is 5.65. The van der Waals surface area contributed by atoms with Crippen molar-refractivity contribution in [3.8, 4) is 5.75 Å². The molecular weight excluding hydrogens is 364 g/mol. The number of rotatable bonds is 3. The van der Waals surface area contributed by atoms with Gasteiger partial charge in [-0.15, -0.1) is 12.4 Å². The molecule has 2 aliphatic rings. The van der Waals surface area contributed by atoms with E-state index in [2.05, 4.69) is 58.7 Å². The summed E-state index contributed by atoms with van der Waals surface area (Å²) in [6.07, 6.45) is 2.24. The van der Waals surface area contributed by atoms with Crippen LogP contribution in [-0.4, -0.2) is 41.6 Å². The van der Waals surface area contributed by atoms with E-state index in [0.29, 0.717) is 0 Å². The number of piperidine rings is 1. The Morgan fingerprint density at radius 2 is 1.96 bits per heavy atom. The van der Waals surface area contributed by atoms with Crippen molar-refractivity contribution in [3.05, 3.63) is 51.7 Å². The fraction of sp³-hybridized carbons (Fsp3) is 0.524. The lowest BCUT2D eigenvalue weighted by Crippen LogP contribution is -2.53. The van der Waals surface area contributed by atoms with Crippen LogP contribution in [0.1, 0.15) is 36.5 Å². The summed E-state index contributed by atoms with van der Waals surface area (Å²) in [5, 5.41) is 4.45. The highest BCUT2D eigenvalue weighted by Gasteiger charge is 2.40. The highest BCUT2D eigenvalue weighted by atomic mass is 35.5. The number of hydrogen-bond acceptors (Lipinski definition) is 4. The molecule has 1 aromatic heterocycles.